The second kappa shape index (κ2) is 4.25. The van der Waals surface area contributed by atoms with Crippen LogP contribution in [0.15, 0.2) is 10.9 Å². The largest absolute Gasteiger partial charge is 0.391 e. The average Bonchev–Trinajstić information content (AvgIpc) is 2.20. The number of hydrogen-bond donors (Lipinski definition) is 2. The molecule has 0 bridgehead atoms. The predicted molar refractivity (Wildman–Crippen MR) is 61.6 cm³/mol. The van der Waals surface area contributed by atoms with Gasteiger partial charge in [-0.15, -0.1) is 0 Å². The molecule has 0 amide bonds. The number of nitrogens with one attached hydrogen (secondary N) is 1. The van der Waals surface area contributed by atoms with Crippen molar-refractivity contribution in [3.05, 3.63) is 22.2 Å². The minimum absolute atomic E-state index is 0.143. The molecule has 2 N–H and O–H groups in total. The average molecular weight is 223 g/mol. The number of aromatic amines is 1. The lowest BCUT2D eigenvalue weighted by atomic mass is 9.96. The summed E-state index contributed by atoms with van der Waals surface area (Å²) in [6, 6.07) is 1.48. The molecule has 2 unspecified atom stereocenters. The molecule has 0 spiro atoms. The molecule has 0 saturated carbocycles. The third-order valence-corrected chi connectivity index (χ3v) is 3.09. The van der Waals surface area contributed by atoms with Crippen molar-refractivity contribution in [3.63, 3.8) is 0 Å². The molecule has 1 aliphatic rings. The van der Waals surface area contributed by atoms with E-state index in [9.17, 15) is 9.90 Å². The quantitative estimate of drug-likeness (QED) is 0.717. The van der Waals surface area contributed by atoms with Gasteiger partial charge in [0.05, 0.1) is 6.10 Å². The number of nitrogens with zero attached hydrogens (tertiary/aromatic N) is 2. The van der Waals surface area contributed by atoms with Gasteiger partial charge in [-0.2, -0.15) is 0 Å². The fraction of sp³-hybridized carbons (Fsp3) is 0.636. The molecule has 1 aliphatic heterocycles. The first-order chi connectivity index (χ1) is 7.56. The Morgan fingerprint density at radius 1 is 1.62 bits per heavy atom. The molecule has 1 aromatic rings. The molecule has 1 saturated heterocycles. The summed E-state index contributed by atoms with van der Waals surface area (Å²) >= 11 is 0. The zero-order valence-electron chi connectivity index (χ0n) is 9.60. The van der Waals surface area contributed by atoms with E-state index < -0.39 is 0 Å². The monoisotopic (exact) mass is 223 g/mol. The highest BCUT2D eigenvalue weighted by atomic mass is 16.3. The lowest BCUT2D eigenvalue weighted by Crippen LogP contribution is -2.43. The van der Waals surface area contributed by atoms with Crippen molar-refractivity contribution >= 4 is 5.82 Å². The van der Waals surface area contributed by atoms with Crippen LogP contribution in [-0.2, 0) is 0 Å². The molecule has 2 heterocycles. The van der Waals surface area contributed by atoms with E-state index in [1.165, 1.54) is 6.07 Å². The van der Waals surface area contributed by atoms with Gasteiger partial charge in [-0.25, -0.2) is 4.98 Å². The van der Waals surface area contributed by atoms with Crippen LogP contribution in [0.25, 0.3) is 0 Å². The topological polar surface area (TPSA) is 69.2 Å². The first-order valence-corrected chi connectivity index (χ1v) is 5.57. The Morgan fingerprint density at radius 3 is 3.00 bits per heavy atom. The lowest BCUT2D eigenvalue weighted by molar-refractivity contribution is 0.102. The van der Waals surface area contributed by atoms with E-state index in [0.29, 0.717) is 24.1 Å². The number of anilines is 1. The Hall–Kier alpha value is -1.36. The van der Waals surface area contributed by atoms with Gasteiger partial charge in [-0.3, -0.25) is 4.79 Å². The van der Waals surface area contributed by atoms with Gasteiger partial charge >= 0.3 is 0 Å². The summed E-state index contributed by atoms with van der Waals surface area (Å²) in [5, 5.41) is 9.79. The molecule has 88 valence electrons. The van der Waals surface area contributed by atoms with Crippen LogP contribution in [-0.4, -0.2) is 34.3 Å². The van der Waals surface area contributed by atoms with Crippen LogP contribution < -0.4 is 10.5 Å². The number of rotatable bonds is 1. The van der Waals surface area contributed by atoms with Crippen LogP contribution in [0.2, 0.25) is 0 Å². The molecule has 2 rings (SSSR count). The van der Waals surface area contributed by atoms with E-state index in [1.807, 2.05) is 11.8 Å². The lowest BCUT2D eigenvalue weighted by Gasteiger charge is -2.34. The standard InChI is InChI=1S/C11H17N3O2/c1-7-3-4-14(6-9(7)15)10-5-11(16)13-8(2)12-10/h5,7,9,15H,3-4,6H2,1-2H3,(H,12,13,16). The molecule has 0 radical (unpaired) electrons. The Labute approximate surface area is 94.1 Å². The Kier molecular flexibility index (Phi) is 2.96. The van der Waals surface area contributed by atoms with Gasteiger partial charge in [-0.05, 0) is 19.3 Å². The number of hydrogen-bond acceptors (Lipinski definition) is 4. The van der Waals surface area contributed by atoms with Crippen LogP contribution in [0.3, 0.4) is 0 Å². The molecule has 0 aromatic carbocycles. The number of aryl methyl sites for hydroxylation is 1. The Morgan fingerprint density at radius 2 is 2.38 bits per heavy atom. The van der Waals surface area contributed by atoms with Crippen molar-refractivity contribution in [3.8, 4) is 0 Å². The number of β-amino-alcohol motifs (C(OH)–C–C–N with tert-alkyl or cyclic N) is 1. The number of aliphatic hydroxyl groups is 1. The molecular formula is C11H17N3O2. The van der Waals surface area contributed by atoms with E-state index >= 15 is 0 Å². The van der Waals surface area contributed by atoms with E-state index in [-0.39, 0.29) is 11.7 Å². The van der Waals surface area contributed by atoms with Crippen molar-refractivity contribution in [2.45, 2.75) is 26.4 Å². The maximum Gasteiger partial charge on any atom is 0.252 e. The summed E-state index contributed by atoms with van der Waals surface area (Å²) in [5.74, 6) is 1.59. The highest BCUT2D eigenvalue weighted by Crippen LogP contribution is 2.20. The fourth-order valence-electron chi connectivity index (χ4n) is 1.98. The van der Waals surface area contributed by atoms with Crippen LogP contribution in [0.1, 0.15) is 19.2 Å². The summed E-state index contributed by atoms with van der Waals surface area (Å²) in [7, 11) is 0. The normalized spacial score (nSPS) is 25.8. The molecule has 16 heavy (non-hydrogen) atoms. The fourth-order valence-corrected chi connectivity index (χ4v) is 1.98. The summed E-state index contributed by atoms with van der Waals surface area (Å²) < 4.78 is 0. The molecular weight excluding hydrogens is 206 g/mol. The molecule has 5 heteroatoms. The Balaban J connectivity index is 2.21. The van der Waals surface area contributed by atoms with Gasteiger partial charge in [0.1, 0.15) is 11.6 Å². The van der Waals surface area contributed by atoms with Gasteiger partial charge in [0.25, 0.3) is 5.56 Å². The van der Waals surface area contributed by atoms with Crippen LogP contribution in [0, 0.1) is 12.8 Å². The molecule has 5 nitrogen and oxygen atoms in total. The predicted octanol–water partition coefficient (Wildman–Crippen LogP) is 0.285. The number of aliphatic hydroxyl groups excluding tert-OH is 1. The SMILES string of the molecule is Cc1nc(N2CCC(C)C(O)C2)cc(=O)[nH]1. The molecule has 2 atom stereocenters. The van der Waals surface area contributed by atoms with Crippen LogP contribution in [0.5, 0.6) is 0 Å². The smallest absolute Gasteiger partial charge is 0.252 e. The van der Waals surface area contributed by atoms with Crippen molar-refractivity contribution in [2.75, 3.05) is 18.0 Å². The summed E-state index contributed by atoms with van der Waals surface area (Å²) in [5.41, 5.74) is -0.143. The van der Waals surface area contributed by atoms with Gasteiger partial charge in [0.15, 0.2) is 0 Å². The van der Waals surface area contributed by atoms with E-state index in [4.69, 9.17) is 0 Å². The van der Waals surface area contributed by atoms with Crippen molar-refractivity contribution < 1.29 is 5.11 Å². The van der Waals surface area contributed by atoms with E-state index in [0.717, 1.165) is 13.0 Å². The maximum atomic E-state index is 11.3. The second-order valence-electron chi connectivity index (χ2n) is 4.47. The highest BCUT2D eigenvalue weighted by molar-refractivity contribution is 5.38. The number of H-pyrrole nitrogens is 1. The number of aromatic nitrogens is 2. The molecule has 1 fully saturated rings. The zero-order valence-corrected chi connectivity index (χ0v) is 9.60. The molecule has 0 aliphatic carbocycles. The van der Waals surface area contributed by atoms with Gasteiger partial charge < -0.3 is 15.0 Å². The minimum Gasteiger partial charge on any atom is -0.391 e. The van der Waals surface area contributed by atoms with E-state index in [2.05, 4.69) is 9.97 Å². The van der Waals surface area contributed by atoms with Crippen LogP contribution in [0.4, 0.5) is 5.82 Å². The van der Waals surface area contributed by atoms with Crippen molar-refractivity contribution in [1.82, 2.24) is 9.97 Å². The van der Waals surface area contributed by atoms with Crippen molar-refractivity contribution in [1.29, 1.82) is 0 Å². The van der Waals surface area contributed by atoms with Crippen LogP contribution >= 0.6 is 0 Å². The third kappa shape index (κ3) is 2.24. The summed E-state index contributed by atoms with van der Waals surface area (Å²) in [6.07, 6.45) is 0.587. The van der Waals surface area contributed by atoms with Gasteiger partial charge in [-0.1, -0.05) is 6.92 Å². The highest BCUT2D eigenvalue weighted by Gasteiger charge is 2.25. The summed E-state index contributed by atoms with van der Waals surface area (Å²) in [6.45, 7) is 5.19. The van der Waals surface area contributed by atoms with E-state index in [1.54, 1.807) is 6.92 Å². The Bertz CT molecular complexity index is 429. The third-order valence-electron chi connectivity index (χ3n) is 3.09. The zero-order chi connectivity index (χ0) is 11.7. The molecule has 1 aromatic heterocycles. The van der Waals surface area contributed by atoms with Gasteiger partial charge in [0.2, 0.25) is 0 Å². The first kappa shape index (κ1) is 11.1. The first-order valence-electron chi connectivity index (χ1n) is 5.57. The van der Waals surface area contributed by atoms with Crippen molar-refractivity contribution in [2.24, 2.45) is 5.92 Å². The second-order valence-corrected chi connectivity index (χ2v) is 4.47. The minimum atomic E-state index is -0.338. The van der Waals surface area contributed by atoms with Gasteiger partial charge in [0, 0.05) is 19.2 Å². The summed E-state index contributed by atoms with van der Waals surface area (Å²) in [4.78, 5) is 20.2. The number of piperidine rings is 1. The maximum absolute atomic E-state index is 11.3.